The van der Waals surface area contributed by atoms with E-state index in [2.05, 4.69) is 20.3 Å². The normalized spacial score (nSPS) is 15.0. The van der Waals surface area contributed by atoms with E-state index in [1.807, 2.05) is 13.8 Å². The van der Waals surface area contributed by atoms with Crippen molar-refractivity contribution in [3.05, 3.63) is 0 Å². The van der Waals surface area contributed by atoms with Gasteiger partial charge in [0.1, 0.15) is 0 Å². The summed E-state index contributed by atoms with van der Waals surface area (Å²) in [5.41, 5.74) is 5.60. The van der Waals surface area contributed by atoms with Crippen molar-refractivity contribution in [2.75, 3.05) is 17.6 Å². The number of rotatable bonds is 6. The van der Waals surface area contributed by atoms with Crippen LogP contribution in [0.4, 0.5) is 11.9 Å². The van der Waals surface area contributed by atoms with Crippen LogP contribution in [-0.4, -0.2) is 27.6 Å². The van der Waals surface area contributed by atoms with E-state index in [-0.39, 0.29) is 18.1 Å². The smallest absolute Gasteiger partial charge is 0.323 e. The number of nitrogen functional groups attached to an aromatic ring is 1. The standard InChI is InChI=1S/C11H19N5O/c1-7(2)17-11-15-9(12)14-10(16-11)13-6-5-8-3-4-8/h7-8H,3-6H2,1-2H3,(H3,12,13,14,15,16). The van der Waals surface area contributed by atoms with Crippen LogP contribution in [-0.2, 0) is 0 Å². The topological polar surface area (TPSA) is 86.0 Å². The molecule has 17 heavy (non-hydrogen) atoms. The van der Waals surface area contributed by atoms with Crippen LogP contribution in [0.2, 0.25) is 0 Å². The van der Waals surface area contributed by atoms with Crippen LogP contribution in [0.5, 0.6) is 6.01 Å². The maximum Gasteiger partial charge on any atom is 0.323 e. The number of ether oxygens (including phenoxy) is 1. The Labute approximate surface area is 101 Å². The molecule has 1 fully saturated rings. The lowest BCUT2D eigenvalue weighted by Crippen LogP contribution is -2.13. The third kappa shape index (κ3) is 4.05. The number of nitrogens with two attached hydrogens (primary N) is 1. The Hall–Kier alpha value is -1.59. The van der Waals surface area contributed by atoms with Gasteiger partial charge in [0, 0.05) is 6.54 Å². The summed E-state index contributed by atoms with van der Waals surface area (Å²) in [4.78, 5) is 12.1. The highest BCUT2D eigenvalue weighted by Gasteiger charge is 2.20. The van der Waals surface area contributed by atoms with Crippen molar-refractivity contribution in [3.8, 4) is 6.01 Å². The molecule has 1 aliphatic rings. The molecule has 1 aromatic rings. The van der Waals surface area contributed by atoms with Crippen molar-refractivity contribution < 1.29 is 4.74 Å². The lowest BCUT2D eigenvalue weighted by atomic mass is 10.3. The molecule has 0 unspecified atom stereocenters. The minimum Gasteiger partial charge on any atom is -0.461 e. The van der Waals surface area contributed by atoms with E-state index < -0.39 is 0 Å². The Morgan fingerprint density at radius 1 is 1.35 bits per heavy atom. The van der Waals surface area contributed by atoms with Crippen molar-refractivity contribution in [2.24, 2.45) is 5.92 Å². The molecule has 0 saturated heterocycles. The second kappa shape index (κ2) is 5.16. The van der Waals surface area contributed by atoms with E-state index in [0.29, 0.717) is 5.95 Å². The van der Waals surface area contributed by atoms with Crippen molar-refractivity contribution in [1.82, 2.24) is 15.0 Å². The molecular weight excluding hydrogens is 218 g/mol. The average molecular weight is 237 g/mol. The quantitative estimate of drug-likeness (QED) is 0.779. The summed E-state index contributed by atoms with van der Waals surface area (Å²) in [6.07, 6.45) is 3.88. The molecule has 0 aliphatic heterocycles. The number of nitrogens with one attached hydrogen (secondary N) is 1. The number of aromatic nitrogens is 3. The van der Waals surface area contributed by atoms with Gasteiger partial charge in [0.25, 0.3) is 0 Å². The maximum absolute atomic E-state index is 5.60. The van der Waals surface area contributed by atoms with Crippen LogP contribution in [0.25, 0.3) is 0 Å². The van der Waals surface area contributed by atoms with Crippen molar-refractivity contribution in [3.63, 3.8) is 0 Å². The predicted molar refractivity (Wildman–Crippen MR) is 65.8 cm³/mol. The van der Waals surface area contributed by atoms with E-state index in [1.54, 1.807) is 0 Å². The number of hydrogen-bond acceptors (Lipinski definition) is 6. The van der Waals surface area contributed by atoms with Crippen molar-refractivity contribution in [1.29, 1.82) is 0 Å². The summed E-state index contributed by atoms with van der Waals surface area (Å²) in [6, 6.07) is 0.279. The highest BCUT2D eigenvalue weighted by molar-refractivity contribution is 5.32. The van der Waals surface area contributed by atoms with Crippen LogP contribution in [0.1, 0.15) is 33.1 Å². The van der Waals surface area contributed by atoms with Gasteiger partial charge in [0.15, 0.2) is 0 Å². The van der Waals surface area contributed by atoms with E-state index in [9.17, 15) is 0 Å². The van der Waals surface area contributed by atoms with Crippen LogP contribution >= 0.6 is 0 Å². The van der Waals surface area contributed by atoms with Gasteiger partial charge in [-0.25, -0.2) is 0 Å². The largest absolute Gasteiger partial charge is 0.461 e. The van der Waals surface area contributed by atoms with Gasteiger partial charge in [-0.1, -0.05) is 12.8 Å². The molecule has 0 radical (unpaired) electrons. The molecule has 1 saturated carbocycles. The maximum atomic E-state index is 5.60. The molecule has 3 N–H and O–H groups in total. The van der Waals surface area contributed by atoms with E-state index in [4.69, 9.17) is 10.5 Å². The highest BCUT2D eigenvalue weighted by atomic mass is 16.5. The molecule has 0 spiro atoms. The van der Waals surface area contributed by atoms with Gasteiger partial charge in [0.05, 0.1) is 6.10 Å². The summed E-state index contributed by atoms with van der Waals surface area (Å²) in [5.74, 6) is 1.56. The Bertz CT molecular complexity index is 378. The molecule has 6 nitrogen and oxygen atoms in total. The summed E-state index contributed by atoms with van der Waals surface area (Å²) in [7, 11) is 0. The van der Waals surface area contributed by atoms with Gasteiger partial charge in [-0.3, -0.25) is 0 Å². The third-order valence-corrected chi connectivity index (χ3v) is 2.51. The molecule has 1 aromatic heterocycles. The van der Waals surface area contributed by atoms with E-state index in [0.717, 1.165) is 18.9 Å². The molecule has 1 aliphatic carbocycles. The Morgan fingerprint density at radius 3 is 2.76 bits per heavy atom. The Morgan fingerprint density at radius 2 is 2.12 bits per heavy atom. The minimum absolute atomic E-state index is 0.0242. The second-order valence-electron chi connectivity index (χ2n) is 4.63. The SMILES string of the molecule is CC(C)Oc1nc(N)nc(NCCC2CC2)n1. The van der Waals surface area contributed by atoms with Crippen LogP contribution in [0, 0.1) is 5.92 Å². The van der Waals surface area contributed by atoms with Gasteiger partial charge in [0.2, 0.25) is 11.9 Å². The van der Waals surface area contributed by atoms with Crippen LogP contribution < -0.4 is 15.8 Å². The summed E-state index contributed by atoms with van der Waals surface area (Å²) in [6.45, 7) is 4.70. The third-order valence-electron chi connectivity index (χ3n) is 2.51. The Balaban J connectivity index is 1.92. The first kappa shape index (κ1) is 11.9. The first-order valence-electron chi connectivity index (χ1n) is 6.05. The lowest BCUT2D eigenvalue weighted by Gasteiger charge is -2.09. The first-order chi connectivity index (χ1) is 8.13. The number of anilines is 2. The van der Waals surface area contributed by atoms with Crippen molar-refractivity contribution in [2.45, 2.75) is 39.2 Å². The number of nitrogens with zero attached hydrogens (tertiary/aromatic N) is 3. The van der Waals surface area contributed by atoms with Gasteiger partial charge < -0.3 is 15.8 Å². The summed E-state index contributed by atoms with van der Waals surface area (Å²) < 4.78 is 5.39. The molecule has 94 valence electrons. The fourth-order valence-electron chi connectivity index (χ4n) is 1.51. The van der Waals surface area contributed by atoms with E-state index in [1.165, 1.54) is 12.8 Å². The summed E-state index contributed by atoms with van der Waals surface area (Å²) >= 11 is 0. The van der Waals surface area contributed by atoms with Crippen LogP contribution in [0.3, 0.4) is 0 Å². The van der Waals surface area contributed by atoms with Gasteiger partial charge >= 0.3 is 6.01 Å². The summed E-state index contributed by atoms with van der Waals surface area (Å²) in [5, 5.41) is 3.15. The molecule has 1 heterocycles. The minimum atomic E-state index is 0.0242. The van der Waals surface area contributed by atoms with Crippen LogP contribution in [0.15, 0.2) is 0 Å². The molecule has 0 atom stereocenters. The monoisotopic (exact) mass is 237 g/mol. The molecule has 0 amide bonds. The zero-order chi connectivity index (χ0) is 12.3. The first-order valence-corrected chi connectivity index (χ1v) is 6.05. The predicted octanol–water partition coefficient (Wildman–Crippen LogP) is 1.45. The average Bonchev–Trinajstić information content (AvgIpc) is 2.99. The molecule has 6 heteroatoms. The zero-order valence-electron chi connectivity index (χ0n) is 10.3. The fraction of sp³-hybridized carbons (Fsp3) is 0.727. The molecular formula is C11H19N5O. The Kier molecular flexibility index (Phi) is 3.61. The molecule has 2 rings (SSSR count). The van der Waals surface area contributed by atoms with Gasteiger partial charge in [-0.15, -0.1) is 0 Å². The zero-order valence-corrected chi connectivity index (χ0v) is 10.3. The van der Waals surface area contributed by atoms with Gasteiger partial charge in [-0.2, -0.15) is 15.0 Å². The van der Waals surface area contributed by atoms with Crippen molar-refractivity contribution >= 4 is 11.9 Å². The molecule has 0 aromatic carbocycles. The van der Waals surface area contributed by atoms with Gasteiger partial charge in [-0.05, 0) is 26.2 Å². The fourth-order valence-corrected chi connectivity index (χ4v) is 1.51. The highest BCUT2D eigenvalue weighted by Crippen LogP contribution is 2.31. The lowest BCUT2D eigenvalue weighted by molar-refractivity contribution is 0.222. The molecule has 0 bridgehead atoms. The number of hydrogen-bond donors (Lipinski definition) is 2. The second-order valence-corrected chi connectivity index (χ2v) is 4.63. The van der Waals surface area contributed by atoms with E-state index >= 15 is 0 Å².